The number of nitro benzene ring substituents is 1. The largest absolute Gasteiger partial charge is 0.484 e. The van der Waals surface area contributed by atoms with Gasteiger partial charge in [-0.15, -0.1) is 24.0 Å². The van der Waals surface area contributed by atoms with Crippen LogP contribution in [0.5, 0.6) is 5.75 Å². The van der Waals surface area contributed by atoms with Gasteiger partial charge in [0.25, 0.3) is 5.69 Å². The van der Waals surface area contributed by atoms with Crippen LogP contribution in [0.1, 0.15) is 11.1 Å². The summed E-state index contributed by atoms with van der Waals surface area (Å²) >= 11 is 0. The third-order valence-corrected chi connectivity index (χ3v) is 3.64. The monoisotopic (exact) mass is 524 g/mol. The van der Waals surface area contributed by atoms with Crippen molar-refractivity contribution in [3.8, 4) is 5.75 Å². The first-order chi connectivity index (χ1) is 13.3. The van der Waals surface area contributed by atoms with E-state index >= 15 is 0 Å². The molecule has 0 saturated carbocycles. The first-order valence-electron chi connectivity index (χ1n) is 8.24. The lowest BCUT2D eigenvalue weighted by atomic mass is 10.2. The predicted molar refractivity (Wildman–Crippen MR) is 114 cm³/mol. The minimum absolute atomic E-state index is 0. The number of hydrogen-bond donors (Lipinski definition) is 2. The van der Waals surface area contributed by atoms with Gasteiger partial charge in [0.05, 0.1) is 4.92 Å². The Kier molecular flexibility index (Phi) is 9.65. The maximum absolute atomic E-state index is 12.1. The Hall–Kier alpha value is -2.57. The second-order valence-electron chi connectivity index (χ2n) is 5.71. The molecule has 2 aromatic rings. The van der Waals surface area contributed by atoms with Gasteiger partial charge in [0.1, 0.15) is 5.75 Å². The zero-order valence-electron chi connectivity index (χ0n) is 15.4. The zero-order valence-corrected chi connectivity index (χ0v) is 17.7. The number of alkyl halides is 3. The summed E-state index contributed by atoms with van der Waals surface area (Å²) in [4.78, 5) is 14.6. The molecule has 0 saturated heterocycles. The zero-order chi connectivity index (χ0) is 20.6. The molecule has 0 aliphatic carbocycles. The molecule has 0 aliphatic rings. The second-order valence-corrected chi connectivity index (χ2v) is 5.71. The van der Waals surface area contributed by atoms with Crippen LogP contribution >= 0.6 is 24.0 Å². The highest BCUT2D eigenvalue weighted by Gasteiger charge is 2.28. The average Bonchev–Trinajstić information content (AvgIpc) is 2.67. The molecule has 0 heterocycles. The van der Waals surface area contributed by atoms with Crippen molar-refractivity contribution in [1.82, 2.24) is 10.6 Å². The summed E-state index contributed by atoms with van der Waals surface area (Å²) in [6, 6.07) is 12.5. The molecule has 2 aromatic carbocycles. The number of nitrogens with one attached hydrogen (secondary N) is 2. The third-order valence-electron chi connectivity index (χ3n) is 3.64. The number of ether oxygens (including phenoxy) is 1. The molecule has 0 radical (unpaired) electrons. The molecular weight excluding hydrogens is 504 g/mol. The van der Waals surface area contributed by atoms with E-state index < -0.39 is 17.7 Å². The molecule has 0 atom stereocenters. The number of aliphatic imine (C=N–C) groups is 1. The highest BCUT2D eigenvalue weighted by atomic mass is 127. The van der Waals surface area contributed by atoms with E-state index in [1.54, 1.807) is 37.4 Å². The highest BCUT2D eigenvalue weighted by Crippen LogP contribution is 2.19. The molecule has 0 fully saturated rings. The average molecular weight is 524 g/mol. The highest BCUT2D eigenvalue weighted by molar-refractivity contribution is 14.0. The van der Waals surface area contributed by atoms with E-state index in [1.807, 2.05) is 0 Å². The van der Waals surface area contributed by atoms with Crippen LogP contribution in [0.4, 0.5) is 18.9 Å². The van der Waals surface area contributed by atoms with E-state index in [0.717, 1.165) is 5.56 Å². The molecule has 2 rings (SSSR count). The van der Waals surface area contributed by atoms with Crippen LogP contribution in [0, 0.1) is 10.1 Å². The minimum atomic E-state index is -4.38. The van der Waals surface area contributed by atoms with Gasteiger partial charge in [-0.05, 0) is 17.7 Å². The van der Waals surface area contributed by atoms with E-state index in [-0.39, 0.29) is 42.0 Å². The van der Waals surface area contributed by atoms with Crippen LogP contribution in [-0.4, -0.2) is 30.7 Å². The van der Waals surface area contributed by atoms with E-state index in [9.17, 15) is 23.3 Å². The van der Waals surface area contributed by atoms with Gasteiger partial charge < -0.3 is 15.4 Å². The van der Waals surface area contributed by atoms with Gasteiger partial charge in [0.15, 0.2) is 12.6 Å². The maximum Gasteiger partial charge on any atom is 0.422 e. The van der Waals surface area contributed by atoms with Crippen LogP contribution in [0.15, 0.2) is 53.5 Å². The second kappa shape index (κ2) is 11.4. The molecule has 0 spiro atoms. The summed E-state index contributed by atoms with van der Waals surface area (Å²) in [6.07, 6.45) is -4.38. The lowest BCUT2D eigenvalue weighted by Gasteiger charge is -2.13. The number of benzene rings is 2. The molecular formula is C18H20F3IN4O3. The minimum Gasteiger partial charge on any atom is -0.484 e. The molecule has 0 bridgehead atoms. The molecule has 2 N–H and O–H groups in total. The topological polar surface area (TPSA) is 88.8 Å². The lowest BCUT2D eigenvalue weighted by molar-refractivity contribution is -0.385. The van der Waals surface area contributed by atoms with Crippen LogP contribution in [0.3, 0.4) is 0 Å². The standard InChI is InChI=1S/C18H19F3N4O3.HI/c1-22-17(24-11-14-4-2-3-5-16(14)25(26)27)23-10-13-6-8-15(9-7-13)28-12-18(19,20)21;/h2-9H,10-12H2,1H3,(H2,22,23,24);1H. The molecule has 0 amide bonds. The number of hydrogen-bond acceptors (Lipinski definition) is 4. The van der Waals surface area contributed by atoms with Crippen molar-refractivity contribution < 1.29 is 22.8 Å². The number of para-hydroxylation sites is 1. The van der Waals surface area contributed by atoms with Crippen molar-refractivity contribution in [2.24, 2.45) is 4.99 Å². The molecule has 0 unspecified atom stereocenters. The van der Waals surface area contributed by atoms with Crippen molar-refractivity contribution in [3.63, 3.8) is 0 Å². The Morgan fingerprint density at radius 2 is 1.72 bits per heavy atom. The van der Waals surface area contributed by atoms with E-state index in [2.05, 4.69) is 20.4 Å². The summed E-state index contributed by atoms with van der Waals surface area (Å²) in [5.41, 5.74) is 1.33. The maximum atomic E-state index is 12.1. The summed E-state index contributed by atoms with van der Waals surface area (Å²) in [5.74, 6) is 0.551. The summed E-state index contributed by atoms with van der Waals surface area (Å²) in [6.45, 7) is -0.774. The number of nitro groups is 1. The normalized spacial score (nSPS) is 11.4. The summed E-state index contributed by atoms with van der Waals surface area (Å²) in [7, 11) is 1.56. The van der Waals surface area contributed by atoms with Gasteiger partial charge in [-0.2, -0.15) is 13.2 Å². The first-order valence-corrected chi connectivity index (χ1v) is 8.24. The Balaban J connectivity index is 0.00000420. The van der Waals surface area contributed by atoms with Gasteiger partial charge in [-0.1, -0.05) is 30.3 Å². The van der Waals surface area contributed by atoms with Crippen molar-refractivity contribution in [1.29, 1.82) is 0 Å². The number of nitrogens with zero attached hydrogens (tertiary/aromatic N) is 2. The van der Waals surface area contributed by atoms with Crippen molar-refractivity contribution >= 4 is 35.6 Å². The van der Waals surface area contributed by atoms with Crippen molar-refractivity contribution in [2.45, 2.75) is 19.3 Å². The van der Waals surface area contributed by atoms with E-state index in [0.29, 0.717) is 18.1 Å². The molecule has 158 valence electrons. The van der Waals surface area contributed by atoms with Crippen molar-refractivity contribution in [3.05, 3.63) is 69.8 Å². The summed E-state index contributed by atoms with van der Waals surface area (Å²) in [5, 5.41) is 17.0. The molecule has 11 heteroatoms. The predicted octanol–water partition coefficient (Wildman–Crippen LogP) is 4.02. The van der Waals surface area contributed by atoms with Crippen LogP contribution in [0.25, 0.3) is 0 Å². The van der Waals surface area contributed by atoms with Gasteiger partial charge in [-0.3, -0.25) is 15.1 Å². The molecule has 0 aromatic heterocycles. The first kappa shape index (κ1) is 24.5. The molecule has 29 heavy (non-hydrogen) atoms. The van der Waals surface area contributed by atoms with Crippen LogP contribution in [0.2, 0.25) is 0 Å². The van der Waals surface area contributed by atoms with Crippen molar-refractivity contribution in [2.75, 3.05) is 13.7 Å². The third kappa shape index (κ3) is 8.54. The van der Waals surface area contributed by atoms with Gasteiger partial charge in [-0.25, -0.2) is 0 Å². The summed E-state index contributed by atoms with van der Waals surface area (Å²) < 4.78 is 41.1. The lowest BCUT2D eigenvalue weighted by Crippen LogP contribution is -2.36. The SMILES string of the molecule is CN=C(NCc1ccc(OCC(F)(F)F)cc1)NCc1ccccc1[N+](=O)[O-].I. The van der Waals surface area contributed by atoms with E-state index in [4.69, 9.17) is 0 Å². The number of rotatable bonds is 7. The Morgan fingerprint density at radius 1 is 1.10 bits per heavy atom. The smallest absolute Gasteiger partial charge is 0.422 e. The van der Waals surface area contributed by atoms with Crippen LogP contribution in [-0.2, 0) is 13.1 Å². The fraction of sp³-hybridized carbons (Fsp3) is 0.278. The van der Waals surface area contributed by atoms with E-state index in [1.165, 1.54) is 18.2 Å². The Morgan fingerprint density at radius 3 is 2.31 bits per heavy atom. The molecule has 7 nitrogen and oxygen atoms in total. The quantitative estimate of drug-likeness (QED) is 0.188. The van der Waals surface area contributed by atoms with Crippen LogP contribution < -0.4 is 15.4 Å². The number of guanidine groups is 1. The van der Waals surface area contributed by atoms with Gasteiger partial charge in [0.2, 0.25) is 0 Å². The fourth-order valence-corrected chi connectivity index (χ4v) is 2.29. The Bertz CT molecular complexity index is 830. The van der Waals surface area contributed by atoms with Gasteiger partial charge in [0, 0.05) is 31.8 Å². The Labute approximate surface area is 182 Å². The molecule has 0 aliphatic heterocycles. The number of halogens is 4. The van der Waals surface area contributed by atoms with Gasteiger partial charge >= 0.3 is 6.18 Å². The fourth-order valence-electron chi connectivity index (χ4n) is 2.29.